The molecule has 0 saturated carbocycles. The first-order valence-corrected chi connectivity index (χ1v) is 14.9. The molecule has 0 N–H and O–H groups in total. The van der Waals surface area contributed by atoms with Gasteiger partial charge in [0.2, 0.25) is 0 Å². The molecule has 140 valence electrons. The summed E-state index contributed by atoms with van der Waals surface area (Å²) in [5, 5.41) is 0.335. The van der Waals surface area contributed by atoms with Gasteiger partial charge in [0.1, 0.15) is 0 Å². The van der Waals surface area contributed by atoms with E-state index in [2.05, 4.69) is 67.7 Å². The Balaban J connectivity index is 2.91. The average molecular weight is 371 g/mol. The molecule has 0 aromatic rings. The van der Waals surface area contributed by atoms with Gasteiger partial charge in [-0.1, -0.05) is 41.5 Å². The van der Waals surface area contributed by atoms with Gasteiger partial charge in [0.25, 0.3) is 0 Å². The zero-order chi connectivity index (χ0) is 19.0. The first kappa shape index (κ1) is 21.8. The van der Waals surface area contributed by atoms with Crippen molar-refractivity contribution in [2.45, 2.75) is 96.8 Å². The molecule has 0 heterocycles. The quantitative estimate of drug-likeness (QED) is 0.583. The summed E-state index contributed by atoms with van der Waals surface area (Å²) in [6.45, 7) is 23.1. The van der Waals surface area contributed by atoms with Crippen molar-refractivity contribution in [1.29, 1.82) is 0 Å². The standard InChI is InChI=1S/C19H38O3Si2/c1-18(2,3)23(7,8)21-14-15-13-16(20)11-12-17(15)22-24(9,10)19(4,5)6/h13,17H,11-12,14H2,1-10H3/t17-/m1/s1. The van der Waals surface area contributed by atoms with Gasteiger partial charge in [-0.2, -0.15) is 0 Å². The second-order valence-electron chi connectivity index (χ2n) is 10.1. The lowest BCUT2D eigenvalue weighted by Gasteiger charge is -2.41. The topological polar surface area (TPSA) is 35.5 Å². The second-order valence-corrected chi connectivity index (χ2v) is 19.7. The molecule has 0 bridgehead atoms. The molecule has 0 aromatic heterocycles. The highest BCUT2D eigenvalue weighted by Gasteiger charge is 2.41. The van der Waals surface area contributed by atoms with Gasteiger partial charge in [0.05, 0.1) is 12.7 Å². The summed E-state index contributed by atoms with van der Waals surface area (Å²) in [5.41, 5.74) is 1.04. The number of hydrogen-bond donors (Lipinski definition) is 0. The van der Waals surface area contributed by atoms with Crippen LogP contribution in [0.5, 0.6) is 0 Å². The van der Waals surface area contributed by atoms with Crippen LogP contribution in [0.25, 0.3) is 0 Å². The third-order valence-electron chi connectivity index (χ3n) is 6.06. The smallest absolute Gasteiger partial charge is 0.192 e. The van der Waals surface area contributed by atoms with Crippen LogP contribution in [0.1, 0.15) is 54.4 Å². The Morgan fingerprint density at radius 1 is 1.00 bits per heavy atom. The highest BCUT2D eigenvalue weighted by atomic mass is 28.4. The van der Waals surface area contributed by atoms with Crippen LogP contribution in [0.15, 0.2) is 11.6 Å². The monoisotopic (exact) mass is 370 g/mol. The lowest BCUT2D eigenvalue weighted by Crippen LogP contribution is -2.46. The van der Waals surface area contributed by atoms with Gasteiger partial charge in [-0.3, -0.25) is 4.79 Å². The van der Waals surface area contributed by atoms with Gasteiger partial charge < -0.3 is 8.85 Å². The molecule has 1 aliphatic carbocycles. The van der Waals surface area contributed by atoms with E-state index in [1.807, 2.05) is 0 Å². The predicted octanol–water partition coefficient (Wildman–Crippen LogP) is 5.69. The largest absolute Gasteiger partial charge is 0.413 e. The minimum atomic E-state index is -1.86. The van der Waals surface area contributed by atoms with E-state index in [1.54, 1.807) is 6.08 Å². The molecule has 5 heteroatoms. The summed E-state index contributed by atoms with van der Waals surface area (Å²) in [7, 11) is -3.70. The van der Waals surface area contributed by atoms with E-state index in [0.29, 0.717) is 13.0 Å². The Morgan fingerprint density at radius 2 is 1.50 bits per heavy atom. The molecule has 0 unspecified atom stereocenters. The summed E-state index contributed by atoms with van der Waals surface area (Å²) in [4.78, 5) is 11.9. The number of rotatable bonds is 5. The molecule has 0 amide bonds. The first-order chi connectivity index (χ1) is 10.6. The number of carbonyl (C=O) groups excluding carboxylic acids is 1. The lowest BCUT2D eigenvalue weighted by atomic mass is 9.96. The van der Waals surface area contributed by atoms with Gasteiger partial charge in [-0.25, -0.2) is 0 Å². The third kappa shape index (κ3) is 5.38. The zero-order valence-electron chi connectivity index (χ0n) is 17.5. The van der Waals surface area contributed by atoms with Crippen molar-refractivity contribution in [2.24, 2.45) is 0 Å². The number of ketones is 1. The molecule has 0 radical (unpaired) electrons. The molecule has 3 nitrogen and oxygen atoms in total. The Bertz CT molecular complexity index is 494. The maximum absolute atomic E-state index is 11.9. The minimum Gasteiger partial charge on any atom is -0.413 e. The Hall–Kier alpha value is -0.236. The van der Waals surface area contributed by atoms with Crippen LogP contribution < -0.4 is 0 Å². The van der Waals surface area contributed by atoms with Crippen molar-refractivity contribution >= 4 is 22.4 Å². The van der Waals surface area contributed by atoms with Crippen molar-refractivity contribution in [3.63, 3.8) is 0 Å². The number of hydrogen-bond acceptors (Lipinski definition) is 3. The van der Waals surface area contributed by atoms with Crippen LogP contribution in [-0.4, -0.2) is 35.1 Å². The molecule has 0 fully saturated rings. The molecule has 1 rings (SSSR count). The van der Waals surface area contributed by atoms with Crippen LogP contribution in [0.4, 0.5) is 0 Å². The van der Waals surface area contributed by atoms with Crippen molar-refractivity contribution in [3.8, 4) is 0 Å². The fraction of sp³-hybridized carbons (Fsp3) is 0.842. The van der Waals surface area contributed by atoms with E-state index in [-0.39, 0.29) is 22.0 Å². The highest BCUT2D eigenvalue weighted by molar-refractivity contribution is 6.74. The average Bonchev–Trinajstić information content (AvgIpc) is 2.36. The van der Waals surface area contributed by atoms with Crippen LogP contribution in [0.3, 0.4) is 0 Å². The zero-order valence-corrected chi connectivity index (χ0v) is 19.5. The van der Waals surface area contributed by atoms with E-state index in [1.165, 1.54) is 0 Å². The summed E-state index contributed by atoms with van der Waals surface area (Å²) >= 11 is 0. The van der Waals surface area contributed by atoms with Crippen molar-refractivity contribution in [3.05, 3.63) is 11.6 Å². The molecular weight excluding hydrogens is 332 g/mol. The molecular formula is C19H38O3Si2. The van der Waals surface area contributed by atoms with Crippen LogP contribution >= 0.6 is 0 Å². The lowest BCUT2D eigenvalue weighted by molar-refractivity contribution is -0.115. The maximum atomic E-state index is 11.9. The van der Waals surface area contributed by atoms with E-state index >= 15 is 0 Å². The molecule has 0 aromatic carbocycles. The third-order valence-corrected chi connectivity index (χ3v) is 15.0. The molecule has 1 atom stereocenters. The van der Waals surface area contributed by atoms with Crippen molar-refractivity contribution < 1.29 is 13.6 Å². The Labute approximate surface area is 151 Å². The highest BCUT2D eigenvalue weighted by Crippen LogP contribution is 2.40. The maximum Gasteiger partial charge on any atom is 0.192 e. The summed E-state index contributed by atoms with van der Waals surface area (Å²) in [6.07, 6.45) is 3.20. The van der Waals surface area contributed by atoms with Gasteiger partial charge >= 0.3 is 0 Å². The SMILES string of the molecule is CC(C)(C)[Si](C)(C)OCC1=CC(=O)CC[C@H]1O[Si](C)(C)C(C)(C)C. The molecule has 0 aliphatic heterocycles. The van der Waals surface area contributed by atoms with Crippen molar-refractivity contribution in [2.75, 3.05) is 6.61 Å². The van der Waals surface area contributed by atoms with E-state index < -0.39 is 16.6 Å². The molecule has 0 saturated heterocycles. The molecule has 24 heavy (non-hydrogen) atoms. The second kappa shape index (κ2) is 7.18. The van der Waals surface area contributed by atoms with Crippen LogP contribution in [0, 0.1) is 0 Å². The van der Waals surface area contributed by atoms with Gasteiger partial charge in [-0.15, -0.1) is 0 Å². The number of allylic oxidation sites excluding steroid dienone is 1. The van der Waals surface area contributed by atoms with Gasteiger partial charge in [-0.05, 0) is 54.3 Å². The van der Waals surface area contributed by atoms with E-state index in [4.69, 9.17) is 8.85 Å². The molecule has 0 spiro atoms. The van der Waals surface area contributed by atoms with E-state index in [9.17, 15) is 4.79 Å². The fourth-order valence-electron chi connectivity index (χ4n) is 2.11. The summed E-state index contributed by atoms with van der Waals surface area (Å²) in [6, 6.07) is 0. The van der Waals surface area contributed by atoms with Crippen LogP contribution in [0.2, 0.25) is 36.3 Å². The van der Waals surface area contributed by atoms with Gasteiger partial charge in [0.15, 0.2) is 22.4 Å². The summed E-state index contributed by atoms with van der Waals surface area (Å²) in [5.74, 6) is 0.207. The summed E-state index contributed by atoms with van der Waals surface area (Å²) < 4.78 is 13.0. The number of carbonyl (C=O) groups is 1. The molecule has 1 aliphatic rings. The Morgan fingerprint density at radius 3 is 1.96 bits per heavy atom. The first-order valence-electron chi connectivity index (χ1n) is 9.12. The predicted molar refractivity (Wildman–Crippen MR) is 108 cm³/mol. The van der Waals surface area contributed by atoms with Gasteiger partial charge in [0, 0.05) is 6.42 Å². The van der Waals surface area contributed by atoms with Crippen LogP contribution in [-0.2, 0) is 13.6 Å². The van der Waals surface area contributed by atoms with E-state index in [0.717, 1.165) is 12.0 Å². The van der Waals surface area contributed by atoms with Crippen molar-refractivity contribution in [1.82, 2.24) is 0 Å². The Kier molecular flexibility index (Phi) is 6.52. The normalized spacial score (nSPS) is 21.0. The minimum absolute atomic E-state index is 0.0355. The fourth-order valence-corrected chi connectivity index (χ4v) is 4.41.